The Balaban J connectivity index is 2.04. The summed E-state index contributed by atoms with van der Waals surface area (Å²) >= 11 is 0. The third-order valence-electron chi connectivity index (χ3n) is 3.77. The van der Waals surface area contributed by atoms with Crippen molar-refractivity contribution in [3.63, 3.8) is 0 Å². The minimum Gasteiger partial charge on any atom is -0.357 e. The van der Waals surface area contributed by atoms with Gasteiger partial charge in [-0.15, -0.1) is 0 Å². The summed E-state index contributed by atoms with van der Waals surface area (Å²) in [6.45, 7) is 5.58. The van der Waals surface area contributed by atoms with E-state index in [9.17, 15) is 4.39 Å². The molecule has 0 amide bonds. The number of pyridine rings is 1. The lowest BCUT2D eigenvalue weighted by Gasteiger charge is -2.31. The van der Waals surface area contributed by atoms with Gasteiger partial charge in [0.15, 0.2) is 11.6 Å². The van der Waals surface area contributed by atoms with Crippen LogP contribution in [0.15, 0.2) is 12.3 Å². The average Bonchev–Trinajstić information content (AvgIpc) is 2.32. The van der Waals surface area contributed by atoms with Crippen molar-refractivity contribution in [3.05, 3.63) is 23.6 Å². The molecular formula is C15H24FN3. The predicted octanol–water partition coefficient (Wildman–Crippen LogP) is 2.96. The predicted molar refractivity (Wildman–Crippen MR) is 76.8 cm³/mol. The average molecular weight is 265 g/mol. The number of hydrogen-bond donors (Lipinski definition) is 1. The zero-order chi connectivity index (χ0) is 13.8. The fraction of sp³-hybridized carbons (Fsp3) is 0.667. The number of halogens is 1. The van der Waals surface area contributed by atoms with Gasteiger partial charge < -0.3 is 10.2 Å². The molecule has 0 atom stereocenters. The van der Waals surface area contributed by atoms with Gasteiger partial charge in [0.25, 0.3) is 0 Å². The molecule has 0 saturated heterocycles. The summed E-state index contributed by atoms with van der Waals surface area (Å²) < 4.78 is 14.4. The highest BCUT2D eigenvalue weighted by Crippen LogP contribution is 2.28. The van der Waals surface area contributed by atoms with Gasteiger partial charge in [0.05, 0.1) is 0 Å². The fourth-order valence-corrected chi connectivity index (χ4v) is 2.34. The molecule has 0 aliphatic heterocycles. The Morgan fingerprint density at radius 3 is 2.79 bits per heavy atom. The second-order valence-corrected chi connectivity index (χ2v) is 5.82. The zero-order valence-electron chi connectivity index (χ0n) is 12.1. The van der Waals surface area contributed by atoms with E-state index >= 15 is 0 Å². The van der Waals surface area contributed by atoms with E-state index in [1.54, 1.807) is 12.3 Å². The number of aromatic nitrogens is 1. The molecule has 1 aliphatic carbocycles. The maximum atomic E-state index is 14.4. The molecule has 1 fully saturated rings. The summed E-state index contributed by atoms with van der Waals surface area (Å²) in [5.74, 6) is 1.01. The van der Waals surface area contributed by atoms with Gasteiger partial charge in [-0.3, -0.25) is 0 Å². The molecule has 1 aromatic heterocycles. The van der Waals surface area contributed by atoms with Crippen LogP contribution in [0.4, 0.5) is 10.2 Å². The second kappa shape index (κ2) is 6.33. The van der Waals surface area contributed by atoms with Crippen LogP contribution < -0.4 is 10.2 Å². The molecule has 106 valence electrons. The maximum Gasteiger partial charge on any atom is 0.170 e. The molecule has 1 saturated carbocycles. The lowest BCUT2D eigenvalue weighted by atomic mass is 9.85. The summed E-state index contributed by atoms with van der Waals surface area (Å²) in [7, 11) is 1.93. The van der Waals surface area contributed by atoms with Crippen molar-refractivity contribution in [2.24, 2.45) is 5.92 Å². The Labute approximate surface area is 115 Å². The fourth-order valence-electron chi connectivity index (χ4n) is 2.34. The Hall–Kier alpha value is -1.16. The largest absolute Gasteiger partial charge is 0.357 e. The molecule has 0 bridgehead atoms. The number of rotatable bonds is 6. The minimum atomic E-state index is -0.183. The lowest BCUT2D eigenvalue weighted by molar-refractivity contribution is 0.320. The summed E-state index contributed by atoms with van der Waals surface area (Å²) in [5, 5.41) is 3.25. The van der Waals surface area contributed by atoms with Gasteiger partial charge in [0.1, 0.15) is 0 Å². The Bertz CT molecular complexity index is 416. The van der Waals surface area contributed by atoms with Crippen LogP contribution in [-0.4, -0.2) is 24.6 Å². The first-order valence-corrected chi connectivity index (χ1v) is 7.16. The van der Waals surface area contributed by atoms with Crippen LogP contribution >= 0.6 is 0 Å². The van der Waals surface area contributed by atoms with Crippen LogP contribution in [-0.2, 0) is 6.54 Å². The second-order valence-electron chi connectivity index (χ2n) is 5.82. The highest BCUT2D eigenvalue weighted by Gasteiger charge is 2.21. The van der Waals surface area contributed by atoms with Gasteiger partial charge in [-0.2, -0.15) is 0 Å². The number of hydrogen-bond acceptors (Lipinski definition) is 3. The van der Waals surface area contributed by atoms with Crippen molar-refractivity contribution < 1.29 is 4.39 Å². The van der Waals surface area contributed by atoms with Crippen molar-refractivity contribution in [1.29, 1.82) is 0 Å². The first kappa shape index (κ1) is 14.3. The van der Waals surface area contributed by atoms with Crippen LogP contribution in [0.5, 0.6) is 0 Å². The van der Waals surface area contributed by atoms with Crippen molar-refractivity contribution in [2.75, 3.05) is 18.5 Å². The lowest BCUT2D eigenvalue weighted by Crippen LogP contribution is -2.31. The van der Waals surface area contributed by atoms with E-state index in [1.807, 2.05) is 11.9 Å². The standard InChI is InChI=1S/C15H24FN3/c1-11(2)18-9-13-7-8-17-15(14(13)16)19(3)10-12-5-4-6-12/h7-8,11-12,18H,4-6,9-10H2,1-3H3. The van der Waals surface area contributed by atoms with Gasteiger partial charge in [0, 0.05) is 37.9 Å². The van der Waals surface area contributed by atoms with Gasteiger partial charge in [-0.25, -0.2) is 9.37 Å². The van der Waals surface area contributed by atoms with Crippen LogP contribution in [0.2, 0.25) is 0 Å². The molecule has 2 rings (SSSR count). The molecule has 1 heterocycles. The third-order valence-corrected chi connectivity index (χ3v) is 3.77. The quantitative estimate of drug-likeness (QED) is 0.857. The van der Waals surface area contributed by atoms with Crippen LogP contribution in [0.3, 0.4) is 0 Å². The molecule has 0 aromatic carbocycles. The molecule has 0 radical (unpaired) electrons. The summed E-state index contributed by atoms with van der Waals surface area (Å²) in [5.41, 5.74) is 0.694. The van der Waals surface area contributed by atoms with E-state index in [4.69, 9.17) is 0 Å². The van der Waals surface area contributed by atoms with Gasteiger partial charge in [-0.05, 0) is 24.8 Å². The van der Waals surface area contributed by atoms with Gasteiger partial charge in [-0.1, -0.05) is 20.3 Å². The van der Waals surface area contributed by atoms with E-state index in [-0.39, 0.29) is 5.82 Å². The molecular weight excluding hydrogens is 241 g/mol. The normalized spacial score (nSPS) is 15.6. The zero-order valence-corrected chi connectivity index (χ0v) is 12.1. The number of nitrogens with zero attached hydrogens (tertiary/aromatic N) is 2. The van der Waals surface area contributed by atoms with Crippen LogP contribution in [0.25, 0.3) is 0 Å². The van der Waals surface area contributed by atoms with Gasteiger partial charge in [0.2, 0.25) is 0 Å². The van der Waals surface area contributed by atoms with E-state index in [2.05, 4.69) is 24.1 Å². The molecule has 3 nitrogen and oxygen atoms in total. The summed E-state index contributed by atoms with van der Waals surface area (Å²) in [6, 6.07) is 2.11. The monoisotopic (exact) mass is 265 g/mol. The highest BCUT2D eigenvalue weighted by molar-refractivity contribution is 5.42. The van der Waals surface area contributed by atoms with Crippen molar-refractivity contribution >= 4 is 5.82 Å². The molecule has 1 aliphatic rings. The molecule has 1 aromatic rings. The number of anilines is 1. The topological polar surface area (TPSA) is 28.2 Å². The molecule has 19 heavy (non-hydrogen) atoms. The van der Waals surface area contributed by atoms with E-state index in [0.29, 0.717) is 29.9 Å². The molecule has 4 heteroatoms. The van der Waals surface area contributed by atoms with Crippen molar-refractivity contribution in [2.45, 2.75) is 45.7 Å². The summed E-state index contributed by atoms with van der Waals surface area (Å²) in [4.78, 5) is 6.16. The van der Waals surface area contributed by atoms with E-state index in [0.717, 1.165) is 6.54 Å². The smallest absolute Gasteiger partial charge is 0.170 e. The first-order chi connectivity index (χ1) is 9.08. The van der Waals surface area contributed by atoms with Crippen LogP contribution in [0.1, 0.15) is 38.7 Å². The van der Waals surface area contributed by atoms with Crippen LogP contribution in [0, 0.1) is 11.7 Å². The SMILES string of the molecule is CC(C)NCc1ccnc(N(C)CC2CCC2)c1F. The molecule has 0 unspecified atom stereocenters. The van der Waals surface area contributed by atoms with Crippen molar-refractivity contribution in [1.82, 2.24) is 10.3 Å². The first-order valence-electron chi connectivity index (χ1n) is 7.16. The summed E-state index contributed by atoms with van der Waals surface area (Å²) in [6.07, 6.45) is 5.54. The third kappa shape index (κ3) is 3.66. The molecule has 1 N–H and O–H groups in total. The number of nitrogens with one attached hydrogen (secondary N) is 1. The highest BCUT2D eigenvalue weighted by atomic mass is 19.1. The van der Waals surface area contributed by atoms with E-state index < -0.39 is 0 Å². The maximum absolute atomic E-state index is 14.4. The van der Waals surface area contributed by atoms with E-state index in [1.165, 1.54) is 19.3 Å². The Morgan fingerprint density at radius 1 is 1.47 bits per heavy atom. The van der Waals surface area contributed by atoms with Gasteiger partial charge >= 0.3 is 0 Å². The molecule has 0 spiro atoms. The Morgan fingerprint density at radius 2 is 2.21 bits per heavy atom. The van der Waals surface area contributed by atoms with Crippen molar-refractivity contribution in [3.8, 4) is 0 Å². The Kier molecular flexibility index (Phi) is 4.75. The minimum absolute atomic E-state index is 0.183.